The summed E-state index contributed by atoms with van der Waals surface area (Å²) in [5.41, 5.74) is 1.03. The van der Waals surface area contributed by atoms with Gasteiger partial charge in [0.05, 0.1) is 18.8 Å². The van der Waals surface area contributed by atoms with Crippen molar-refractivity contribution in [1.82, 2.24) is 10.2 Å². The highest BCUT2D eigenvalue weighted by atomic mass is 19.1. The first-order valence-corrected chi connectivity index (χ1v) is 10.8. The maximum absolute atomic E-state index is 13.3. The molecule has 0 aliphatic carbocycles. The summed E-state index contributed by atoms with van der Waals surface area (Å²) in [6.45, 7) is 7.25. The Balaban J connectivity index is 1.40. The molecule has 2 saturated heterocycles. The summed E-state index contributed by atoms with van der Waals surface area (Å²) < 4.78 is 25.0. The average Bonchev–Trinajstić information content (AvgIpc) is 3.23. The number of benzene rings is 1. The molecule has 0 bridgehead atoms. The summed E-state index contributed by atoms with van der Waals surface area (Å²) in [7, 11) is 0. The van der Waals surface area contributed by atoms with Crippen molar-refractivity contribution in [3.63, 3.8) is 0 Å². The van der Waals surface area contributed by atoms with Crippen LogP contribution < -0.4 is 5.32 Å². The summed E-state index contributed by atoms with van der Waals surface area (Å²) in [6.07, 6.45) is 6.74. The third-order valence-corrected chi connectivity index (χ3v) is 5.39. The number of halogens is 1. The van der Waals surface area contributed by atoms with Crippen LogP contribution in [0.25, 0.3) is 0 Å². The zero-order valence-corrected chi connectivity index (χ0v) is 17.0. The van der Waals surface area contributed by atoms with Crippen LogP contribution in [0.5, 0.6) is 0 Å². The second-order valence-corrected chi connectivity index (χ2v) is 7.62. The lowest BCUT2D eigenvalue weighted by Crippen LogP contribution is -2.47. The van der Waals surface area contributed by atoms with Crippen LogP contribution >= 0.6 is 0 Å². The molecule has 2 fully saturated rings. The first-order valence-electron chi connectivity index (χ1n) is 10.8. The monoisotopic (exact) mass is 391 g/mol. The van der Waals surface area contributed by atoms with Gasteiger partial charge in [0, 0.05) is 32.8 Å². The highest BCUT2D eigenvalue weighted by Crippen LogP contribution is 2.18. The van der Waals surface area contributed by atoms with E-state index in [9.17, 15) is 4.39 Å². The van der Waals surface area contributed by atoms with Crippen molar-refractivity contribution in [2.24, 2.45) is 4.99 Å². The second kappa shape index (κ2) is 11.4. The van der Waals surface area contributed by atoms with Gasteiger partial charge in [0.2, 0.25) is 0 Å². The molecule has 1 aromatic carbocycles. The predicted molar refractivity (Wildman–Crippen MR) is 110 cm³/mol. The fourth-order valence-corrected chi connectivity index (χ4v) is 3.84. The van der Waals surface area contributed by atoms with Gasteiger partial charge in [-0.3, -0.25) is 4.99 Å². The highest BCUT2D eigenvalue weighted by Gasteiger charge is 2.24. The second-order valence-electron chi connectivity index (χ2n) is 7.62. The third-order valence-electron chi connectivity index (χ3n) is 5.39. The van der Waals surface area contributed by atoms with Crippen LogP contribution in [0.2, 0.25) is 0 Å². The smallest absolute Gasteiger partial charge is 0.193 e. The number of likely N-dealkylation sites (tertiary alicyclic amines) is 1. The molecule has 2 aliphatic rings. The van der Waals surface area contributed by atoms with Crippen molar-refractivity contribution >= 4 is 5.96 Å². The van der Waals surface area contributed by atoms with Gasteiger partial charge in [-0.1, -0.05) is 12.1 Å². The van der Waals surface area contributed by atoms with E-state index in [0.717, 1.165) is 89.4 Å². The number of aliphatic imine (C=N–C) groups is 1. The molecule has 1 N–H and O–H groups in total. The molecule has 28 heavy (non-hydrogen) atoms. The van der Waals surface area contributed by atoms with Crippen molar-refractivity contribution in [3.8, 4) is 0 Å². The summed E-state index contributed by atoms with van der Waals surface area (Å²) in [6, 6.07) is 6.83. The van der Waals surface area contributed by atoms with Crippen LogP contribution in [-0.2, 0) is 15.9 Å². The van der Waals surface area contributed by atoms with Gasteiger partial charge in [-0.05, 0) is 63.1 Å². The topological polar surface area (TPSA) is 46.1 Å². The van der Waals surface area contributed by atoms with Crippen LogP contribution in [0.15, 0.2) is 29.3 Å². The van der Waals surface area contributed by atoms with E-state index in [1.165, 1.54) is 6.07 Å². The van der Waals surface area contributed by atoms with E-state index in [4.69, 9.17) is 14.5 Å². The van der Waals surface area contributed by atoms with E-state index < -0.39 is 0 Å². The number of nitrogens with zero attached hydrogens (tertiary/aromatic N) is 2. The predicted octanol–water partition coefficient (Wildman–Crippen LogP) is 3.38. The normalized spacial score (nSPS) is 21.3. The molecule has 2 heterocycles. The Morgan fingerprint density at radius 3 is 2.89 bits per heavy atom. The molecular weight excluding hydrogens is 357 g/mol. The number of rotatable bonds is 8. The van der Waals surface area contributed by atoms with Crippen LogP contribution in [0.4, 0.5) is 4.39 Å². The minimum atomic E-state index is -0.168. The average molecular weight is 392 g/mol. The number of aryl methyl sites for hydroxylation is 1. The quantitative estimate of drug-likeness (QED) is 0.419. The van der Waals surface area contributed by atoms with Gasteiger partial charge in [0.25, 0.3) is 0 Å². The molecule has 0 spiro atoms. The van der Waals surface area contributed by atoms with Crippen LogP contribution in [-0.4, -0.2) is 62.5 Å². The first-order chi connectivity index (χ1) is 13.7. The molecule has 1 aromatic rings. The van der Waals surface area contributed by atoms with Crippen LogP contribution in [0.3, 0.4) is 0 Å². The lowest BCUT2D eigenvalue weighted by Gasteiger charge is -2.34. The molecule has 0 aromatic heterocycles. The van der Waals surface area contributed by atoms with Crippen LogP contribution in [0.1, 0.15) is 44.6 Å². The van der Waals surface area contributed by atoms with Crippen molar-refractivity contribution in [3.05, 3.63) is 35.6 Å². The molecule has 156 valence electrons. The Morgan fingerprint density at radius 2 is 2.18 bits per heavy atom. The van der Waals surface area contributed by atoms with Gasteiger partial charge in [-0.2, -0.15) is 0 Å². The molecule has 2 aliphatic heterocycles. The number of hydrogen-bond acceptors (Lipinski definition) is 3. The minimum Gasteiger partial charge on any atom is -0.376 e. The van der Waals surface area contributed by atoms with Crippen molar-refractivity contribution in [2.75, 3.05) is 39.4 Å². The van der Waals surface area contributed by atoms with Crippen LogP contribution in [0, 0.1) is 5.82 Å². The highest BCUT2D eigenvalue weighted by molar-refractivity contribution is 5.80. The molecule has 0 radical (unpaired) electrons. The van der Waals surface area contributed by atoms with Gasteiger partial charge >= 0.3 is 0 Å². The molecule has 6 heteroatoms. The van der Waals surface area contributed by atoms with E-state index in [-0.39, 0.29) is 5.82 Å². The Hall–Kier alpha value is -1.66. The van der Waals surface area contributed by atoms with Crippen molar-refractivity contribution in [2.45, 2.75) is 57.7 Å². The number of hydrogen-bond donors (Lipinski definition) is 1. The molecule has 0 saturated carbocycles. The number of piperidine rings is 1. The van der Waals surface area contributed by atoms with Gasteiger partial charge in [0.1, 0.15) is 5.82 Å². The largest absolute Gasteiger partial charge is 0.376 e. The summed E-state index contributed by atoms with van der Waals surface area (Å²) in [4.78, 5) is 7.12. The van der Waals surface area contributed by atoms with Gasteiger partial charge in [-0.15, -0.1) is 0 Å². The standard InChI is InChI=1S/C22H34FN3O2/c1-2-24-22(25-12-4-7-18-6-3-8-19(23)16-18)26-13-10-20(11-14-26)28-17-21-9-5-15-27-21/h3,6,8,16,20-21H,2,4-5,7,9-15,17H2,1H3,(H,24,25). The maximum Gasteiger partial charge on any atom is 0.193 e. The first kappa shape index (κ1) is 21.1. The van der Waals surface area contributed by atoms with E-state index >= 15 is 0 Å². The number of ether oxygens (including phenoxy) is 2. The van der Waals surface area contributed by atoms with E-state index in [2.05, 4.69) is 17.1 Å². The Kier molecular flexibility index (Phi) is 8.55. The fourth-order valence-electron chi connectivity index (χ4n) is 3.84. The zero-order chi connectivity index (χ0) is 19.6. The van der Waals surface area contributed by atoms with Crippen molar-refractivity contribution < 1.29 is 13.9 Å². The number of nitrogens with one attached hydrogen (secondary N) is 1. The Bertz CT molecular complexity index is 612. The Morgan fingerprint density at radius 1 is 1.32 bits per heavy atom. The molecule has 5 nitrogen and oxygen atoms in total. The SMILES string of the molecule is CCNC(=NCCCc1cccc(F)c1)N1CCC(OCC2CCCO2)CC1. The lowest BCUT2D eigenvalue weighted by molar-refractivity contribution is -0.0367. The lowest BCUT2D eigenvalue weighted by atomic mass is 10.1. The third kappa shape index (κ3) is 6.74. The van der Waals surface area contributed by atoms with E-state index in [0.29, 0.717) is 12.2 Å². The van der Waals surface area contributed by atoms with Gasteiger partial charge in [-0.25, -0.2) is 4.39 Å². The Labute approximate surface area is 168 Å². The molecule has 1 unspecified atom stereocenters. The summed E-state index contributed by atoms with van der Waals surface area (Å²) in [5, 5.41) is 3.41. The maximum atomic E-state index is 13.3. The van der Waals surface area contributed by atoms with Gasteiger partial charge in [0.15, 0.2) is 5.96 Å². The molecule has 3 rings (SSSR count). The van der Waals surface area contributed by atoms with E-state index in [1.807, 2.05) is 6.07 Å². The number of guanidine groups is 1. The summed E-state index contributed by atoms with van der Waals surface area (Å²) in [5.74, 6) is 0.818. The fraction of sp³-hybridized carbons (Fsp3) is 0.682. The van der Waals surface area contributed by atoms with Crippen molar-refractivity contribution in [1.29, 1.82) is 0 Å². The molecule has 0 amide bonds. The van der Waals surface area contributed by atoms with E-state index in [1.54, 1.807) is 12.1 Å². The summed E-state index contributed by atoms with van der Waals surface area (Å²) >= 11 is 0. The van der Waals surface area contributed by atoms with Gasteiger partial charge < -0.3 is 19.7 Å². The molecular formula is C22H34FN3O2. The zero-order valence-electron chi connectivity index (χ0n) is 17.0. The minimum absolute atomic E-state index is 0.168. The molecule has 1 atom stereocenters.